The quantitative estimate of drug-likeness (QED) is 0.763. The third-order valence-electron chi connectivity index (χ3n) is 3.90. The number of amides is 2. The summed E-state index contributed by atoms with van der Waals surface area (Å²) >= 11 is 0. The number of aliphatic hydroxyl groups excluding tert-OH is 1. The van der Waals surface area contributed by atoms with E-state index in [9.17, 15) is 4.79 Å². The first kappa shape index (κ1) is 15.8. The van der Waals surface area contributed by atoms with Gasteiger partial charge in [-0.05, 0) is 18.4 Å². The van der Waals surface area contributed by atoms with Crippen molar-refractivity contribution in [3.05, 3.63) is 35.9 Å². The summed E-state index contributed by atoms with van der Waals surface area (Å²) in [6.07, 6.45) is 0. The molecule has 5 heteroatoms. The Hall–Kier alpha value is -1.59. The van der Waals surface area contributed by atoms with Crippen LogP contribution in [0.4, 0.5) is 4.79 Å². The van der Waals surface area contributed by atoms with Crippen LogP contribution >= 0.6 is 0 Å². The molecular formula is C16H25N3O2. The lowest BCUT2D eigenvalue weighted by Gasteiger charge is -2.19. The van der Waals surface area contributed by atoms with Crippen LogP contribution in [-0.2, 0) is 6.54 Å². The number of nitrogens with zero attached hydrogens (tertiary/aromatic N) is 1. The molecule has 116 valence electrons. The first-order valence-corrected chi connectivity index (χ1v) is 7.52. The van der Waals surface area contributed by atoms with Gasteiger partial charge in [0.05, 0.1) is 12.6 Å². The monoisotopic (exact) mass is 291 g/mol. The molecule has 0 aliphatic carbocycles. The van der Waals surface area contributed by atoms with Crippen LogP contribution in [0, 0.1) is 5.92 Å². The summed E-state index contributed by atoms with van der Waals surface area (Å²) in [7, 11) is 0. The SMILES string of the molecule is C[C@@H](CO)NC(=O)N[C@@H]1CN(Cc2ccccc2)C[C@@H]1C. The second-order valence-electron chi connectivity index (χ2n) is 5.96. The fourth-order valence-electron chi connectivity index (χ4n) is 2.71. The predicted molar refractivity (Wildman–Crippen MR) is 82.9 cm³/mol. The van der Waals surface area contributed by atoms with Crippen molar-refractivity contribution in [2.45, 2.75) is 32.5 Å². The van der Waals surface area contributed by atoms with Gasteiger partial charge in [0.1, 0.15) is 0 Å². The zero-order chi connectivity index (χ0) is 15.2. The summed E-state index contributed by atoms with van der Waals surface area (Å²) in [6, 6.07) is 10.1. The molecule has 0 bridgehead atoms. The first-order valence-electron chi connectivity index (χ1n) is 7.52. The van der Waals surface area contributed by atoms with Crippen molar-refractivity contribution in [2.75, 3.05) is 19.7 Å². The summed E-state index contributed by atoms with van der Waals surface area (Å²) in [4.78, 5) is 14.2. The van der Waals surface area contributed by atoms with Crippen molar-refractivity contribution in [2.24, 2.45) is 5.92 Å². The van der Waals surface area contributed by atoms with E-state index < -0.39 is 0 Å². The Labute approximate surface area is 126 Å². The van der Waals surface area contributed by atoms with Gasteiger partial charge in [-0.2, -0.15) is 0 Å². The molecule has 1 aliphatic rings. The molecule has 21 heavy (non-hydrogen) atoms. The fraction of sp³-hybridized carbons (Fsp3) is 0.562. The molecule has 0 aromatic heterocycles. The lowest BCUT2D eigenvalue weighted by Crippen LogP contribution is -2.48. The number of hydrogen-bond donors (Lipinski definition) is 3. The molecule has 5 nitrogen and oxygen atoms in total. The van der Waals surface area contributed by atoms with Crippen LogP contribution in [0.25, 0.3) is 0 Å². The third-order valence-corrected chi connectivity index (χ3v) is 3.90. The largest absolute Gasteiger partial charge is 0.394 e. The highest BCUT2D eigenvalue weighted by molar-refractivity contribution is 5.74. The molecule has 0 spiro atoms. The van der Waals surface area contributed by atoms with Gasteiger partial charge in [0.25, 0.3) is 0 Å². The summed E-state index contributed by atoms with van der Waals surface area (Å²) < 4.78 is 0. The van der Waals surface area contributed by atoms with E-state index >= 15 is 0 Å². The molecule has 1 aromatic carbocycles. The van der Waals surface area contributed by atoms with Gasteiger partial charge in [0.15, 0.2) is 0 Å². The number of aliphatic hydroxyl groups is 1. The zero-order valence-corrected chi connectivity index (χ0v) is 12.7. The molecule has 2 rings (SSSR count). The molecule has 0 saturated carbocycles. The minimum absolute atomic E-state index is 0.0478. The highest BCUT2D eigenvalue weighted by atomic mass is 16.3. The van der Waals surface area contributed by atoms with Crippen LogP contribution in [0.3, 0.4) is 0 Å². The van der Waals surface area contributed by atoms with Crippen LogP contribution in [-0.4, -0.2) is 47.8 Å². The van der Waals surface area contributed by atoms with Gasteiger partial charge in [0.2, 0.25) is 0 Å². The van der Waals surface area contributed by atoms with Crippen molar-refractivity contribution < 1.29 is 9.90 Å². The summed E-state index contributed by atoms with van der Waals surface area (Å²) in [5.74, 6) is 0.420. The summed E-state index contributed by atoms with van der Waals surface area (Å²) in [5, 5.41) is 14.7. The van der Waals surface area contributed by atoms with Gasteiger partial charge >= 0.3 is 6.03 Å². The molecule has 1 aliphatic heterocycles. The molecule has 1 fully saturated rings. The van der Waals surface area contributed by atoms with Crippen molar-refractivity contribution in [1.29, 1.82) is 0 Å². The molecule has 3 N–H and O–H groups in total. The van der Waals surface area contributed by atoms with Crippen LogP contribution in [0.15, 0.2) is 30.3 Å². The number of carbonyl (C=O) groups excluding carboxylic acids is 1. The third kappa shape index (κ3) is 4.72. The standard InChI is InChI=1S/C16H25N3O2/c1-12-8-19(9-14-6-4-3-5-7-14)10-15(12)18-16(21)17-13(2)11-20/h3-7,12-13,15,20H,8-11H2,1-2H3,(H2,17,18,21)/t12-,13-,15+/m0/s1. The predicted octanol–water partition coefficient (Wildman–Crippen LogP) is 1.19. The van der Waals surface area contributed by atoms with Crippen molar-refractivity contribution in [3.63, 3.8) is 0 Å². The Kier molecular flexibility index (Phi) is 5.59. The van der Waals surface area contributed by atoms with Gasteiger partial charge < -0.3 is 15.7 Å². The van der Waals surface area contributed by atoms with E-state index in [1.165, 1.54) is 5.56 Å². The fourth-order valence-corrected chi connectivity index (χ4v) is 2.71. The van der Waals surface area contributed by atoms with Gasteiger partial charge in [-0.15, -0.1) is 0 Å². The Morgan fingerprint density at radius 1 is 1.38 bits per heavy atom. The lowest BCUT2D eigenvalue weighted by atomic mass is 10.1. The second kappa shape index (κ2) is 7.43. The van der Waals surface area contributed by atoms with Gasteiger partial charge in [-0.1, -0.05) is 37.3 Å². The Morgan fingerprint density at radius 3 is 2.76 bits per heavy atom. The number of nitrogens with one attached hydrogen (secondary N) is 2. The maximum Gasteiger partial charge on any atom is 0.315 e. The van der Waals surface area contributed by atoms with Crippen molar-refractivity contribution in [3.8, 4) is 0 Å². The number of urea groups is 1. The topological polar surface area (TPSA) is 64.6 Å². The number of likely N-dealkylation sites (tertiary alicyclic amines) is 1. The van der Waals surface area contributed by atoms with Crippen LogP contribution in [0.5, 0.6) is 0 Å². The van der Waals surface area contributed by atoms with E-state index in [4.69, 9.17) is 5.11 Å². The number of rotatable bonds is 5. The maximum atomic E-state index is 11.8. The number of carbonyl (C=O) groups is 1. The normalized spacial score (nSPS) is 23.8. The molecule has 1 heterocycles. The average Bonchev–Trinajstić information content (AvgIpc) is 2.79. The van der Waals surface area contributed by atoms with Crippen molar-refractivity contribution >= 4 is 6.03 Å². The molecule has 1 saturated heterocycles. The highest BCUT2D eigenvalue weighted by Crippen LogP contribution is 2.18. The lowest BCUT2D eigenvalue weighted by molar-refractivity contribution is 0.216. The van der Waals surface area contributed by atoms with E-state index in [2.05, 4.69) is 34.6 Å². The smallest absolute Gasteiger partial charge is 0.315 e. The van der Waals surface area contributed by atoms with Gasteiger partial charge in [0, 0.05) is 25.7 Å². The zero-order valence-electron chi connectivity index (χ0n) is 12.7. The molecule has 2 amide bonds. The maximum absolute atomic E-state index is 11.8. The number of benzene rings is 1. The molecule has 0 radical (unpaired) electrons. The van der Waals surface area contributed by atoms with Crippen molar-refractivity contribution in [1.82, 2.24) is 15.5 Å². The van der Waals surface area contributed by atoms with Crippen LogP contribution < -0.4 is 10.6 Å². The van der Waals surface area contributed by atoms with Gasteiger partial charge in [-0.3, -0.25) is 4.90 Å². The van der Waals surface area contributed by atoms with E-state index in [1.54, 1.807) is 6.92 Å². The molecule has 0 unspecified atom stereocenters. The van der Waals surface area contributed by atoms with E-state index in [0.29, 0.717) is 5.92 Å². The van der Waals surface area contributed by atoms with E-state index in [-0.39, 0.29) is 24.7 Å². The Morgan fingerprint density at radius 2 is 2.10 bits per heavy atom. The molecule has 3 atom stereocenters. The van der Waals surface area contributed by atoms with Crippen LogP contribution in [0.1, 0.15) is 19.4 Å². The minimum atomic E-state index is -0.220. The van der Waals surface area contributed by atoms with E-state index in [0.717, 1.165) is 19.6 Å². The van der Waals surface area contributed by atoms with Gasteiger partial charge in [-0.25, -0.2) is 4.79 Å². The average molecular weight is 291 g/mol. The Balaban J connectivity index is 1.82. The summed E-state index contributed by atoms with van der Waals surface area (Å²) in [5.41, 5.74) is 1.30. The first-order chi connectivity index (χ1) is 10.1. The minimum Gasteiger partial charge on any atom is -0.394 e. The van der Waals surface area contributed by atoms with E-state index in [1.807, 2.05) is 18.2 Å². The second-order valence-corrected chi connectivity index (χ2v) is 5.96. The molecular weight excluding hydrogens is 266 g/mol. The highest BCUT2D eigenvalue weighted by Gasteiger charge is 2.30. The molecule has 1 aromatic rings. The number of hydrogen-bond acceptors (Lipinski definition) is 3. The Bertz CT molecular complexity index is 452. The van der Waals surface area contributed by atoms with Crippen LogP contribution in [0.2, 0.25) is 0 Å². The summed E-state index contributed by atoms with van der Waals surface area (Å²) in [6.45, 7) is 6.64.